The topological polar surface area (TPSA) is 45.1 Å². The number of aliphatic hydroxyl groups is 1. The first kappa shape index (κ1) is 19.2. The van der Waals surface area contributed by atoms with Gasteiger partial charge in [-0.05, 0) is 32.1 Å². The van der Waals surface area contributed by atoms with Crippen molar-refractivity contribution in [2.75, 3.05) is 13.7 Å². The molecule has 0 bridgehead atoms. The Bertz CT molecular complexity index is 345. The Balaban J connectivity index is 2.78. The molecule has 0 unspecified atom stereocenters. The standard InChI is InChI=1S/C18H34N2O2/c1-6-11-15(7-2)16(21)14-19-20-13-10-12-17(20)18(8-3,9-4)22-5/h7,14-17,21H,2,6,8-13H2,1,3-5H3/b19-14+/t15-,16-,17-/m0/s1. The third-order valence-electron chi connectivity index (χ3n) is 5.17. The third-order valence-corrected chi connectivity index (χ3v) is 5.17. The Morgan fingerprint density at radius 3 is 2.59 bits per heavy atom. The van der Waals surface area contributed by atoms with Gasteiger partial charge in [0.1, 0.15) is 0 Å². The number of ether oxygens (including phenoxy) is 1. The van der Waals surface area contributed by atoms with Gasteiger partial charge in [-0.25, -0.2) is 0 Å². The average molecular weight is 310 g/mol. The van der Waals surface area contributed by atoms with Crippen LogP contribution in [0.4, 0.5) is 0 Å². The maximum Gasteiger partial charge on any atom is 0.0971 e. The van der Waals surface area contributed by atoms with E-state index in [1.54, 1.807) is 13.3 Å². The number of hydrogen-bond donors (Lipinski definition) is 1. The van der Waals surface area contributed by atoms with Crippen LogP contribution in [0.15, 0.2) is 17.8 Å². The highest BCUT2D eigenvalue weighted by Gasteiger charge is 2.41. The molecule has 1 saturated heterocycles. The summed E-state index contributed by atoms with van der Waals surface area (Å²) in [6.07, 6.45) is 9.11. The Hall–Kier alpha value is -0.870. The first-order valence-corrected chi connectivity index (χ1v) is 8.75. The molecule has 0 saturated carbocycles. The molecule has 1 fully saturated rings. The van der Waals surface area contributed by atoms with Crippen molar-refractivity contribution in [1.29, 1.82) is 0 Å². The Morgan fingerprint density at radius 1 is 1.41 bits per heavy atom. The summed E-state index contributed by atoms with van der Waals surface area (Å²) in [7, 11) is 1.80. The van der Waals surface area contributed by atoms with Crippen LogP contribution in [0, 0.1) is 5.92 Å². The maximum atomic E-state index is 10.3. The average Bonchev–Trinajstić information content (AvgIpc) is 3.02. The molecule has 0 spiro atoms. The molecule has 1 heterocycles. The van der Waals surface area contributed by atoms with Gasteiger partial charge in [0.05, 0.1) is 24.0 Å². The zero-order valence-corrected chi connectivity index (χ0v) is 14.8. The molecule has 4 nitrogen and oxygen atoms in total. The molecule has 0 radical (unpaired) electrons. The van der Waals surface area contributed by atoms with Crippen LogP contribution in [0.2, 0.25) is 0 Å². The highest BCUT2D eigenvalue weighted by atomic mass is 16.5. The molecule has 0 aromatic carbocycles. The van der Waals surface area contributed by atoms with E-state index in [0.717, 1.165) is 45.1 Å². The van der Waals surface area contributed by atoms with E-state index >= 15 is 0 Å². The summed E-state index contributed by atoms with van der Waals surface area (Å²) in [5, 5.41) is 17.0. The van der Waals surface area contributed by atoms with E-state index in [2.05, 4.69) is 37.5 Å². The molecule has 1 aliphatic rings. The fraction of sp³-hybridized carbons (Fsp3) is 0.833. The summed E-state index contributed by atoms with van der Waals surface area (Å²) in [6, 6.07) is 0.296. The Kier molecular flexibility index (Phi) is 8.12. The highest BCUT2D eigenvalue weighted by Crippen LogP contribution is 2.34. The molecule has 128 valence electrons. The largest absolute Gasteiger partial charge is 0.387 e. The third kappa shape index (κ3) is 4.32. The van der Waals surface area contributed by atoms with Gasteiger partial charge in [-0.15, -0.1) is 6.58 Å². The second kappa shape index (κ2) is 9.31. The van der Waals surface area contributed by atoms with Crippen molar-refractivity contribution in [3.8, 4) is 0 Å². The van der Waals surface area contributed by atoms with Crippen molar-refractivity contribution in [3.05, 3.63) is 12.7 Å². The first-order valence-electron chi connectivity index (χ1n) is 8.75. The SMILES string of the molecule is C=C[C@@H](CCC)[C@@H](O)/C=N/N1CCC[C@H]1C(CC)(CC)OC. The molecule has 22 heavy (non-hydrogen) atoms. The molecule has 4 heteroatoms. The lowest BCUT2D eigenvalue weighted by atomic mass is 9.87. The van der Waals surface area contributed by atoms with Crippen LogP contribution in [0.25, 0.3) is 0 Å². The minimum absolute atomic E-state index is 0.0827. The van der Waals surface area contributed by atoms with Gasteiger partial charge >= 0.3 is 0 Å². The summed E-state index contributed by atoms with van der Waals surface area (Å²) in [4.78, 5) is 0. The van der Waals surface area contributed by atoms with Crippen LogP contribution < -0.4 is 0 Å². The van der Waals surface area contributed by atoms with Crippen molar-refractivity contribution in [2.24, 2.45) is 11.0 Å². The molecule has 0 aromatic heterocycles. The Labute approximate surface area is 136 Å². The van der Waals surface area contributed by atoms with Crippen LogP contribution in [0.1, 0.15) is 59.3 Å². The van der Waals surface area contributed by atoms with Gasteiger partial charge in [0, 0.05) is 19.6 Å². The van der Waals surface area contributed by atoms with Gasteiger partial charge in [-0.3, -0.25) is 5.01 Å². The van der Waals surface area contributed by atoms with Crippen LogP contribution in [0.5, 0.6) is 0 Å². The van der Waals surface area contributed by atoms with Gasteiger partial charge in [0.25, 0.3) is 0 Å². The predicted molar refractivity (Wildman–Crippen MR) is 93.1 cm³/mol. The van der Waals surface area contributed by atoms with Gasteiger partial charge in [-0.1, -0.05) is 33.3 Å². The fourth-order valence-corrected chi connectivity index (χ4v) is 3.60. The van der Waals surface area contributed by atoms with E-state index in [9.17, 15) is 5.11 Å². The molecule has 1 N–H and O–H groups in total. The number of aliphatic hydroxyl groups excluding tert-OH is 1. The predicted octanol–water partition coefficient (Wildman–Crippen LogP) is 3.61. The number of hydrogen-bond acceptors (Lipinski definition) is 4. The van der Waals surface area contributed by atoms with Gasteiger partial charge < -0.3 is 9.84 Å². The van der Waals surface area contributed by atoms with E-state index in [1.807, 2.05) is 6.08 Å². The van der Waals surface area contributed by atoms with E-state index in [4.69, 9.17) is 4.74 Å². The van der Waals surface area contributed by atoms with Crippen molar-refractivity contribution >= 4 is 6.21 Å². The van der Waals surface area contributed by atoms with Crippen LogP contribution in [-0.4, -0.2) is 47.7 Å². The zero-order chi connectivity index (χ0) is 16.6. The number of nitrogens with zero attached hydrogens (tertiary/aromatic N) is 2. The van der Waals surface area contributed by atoms with Crippen molar-refractivity contribution in [2.45, 2.75) is 77.0 Å². The minimum atomic E-state index is -0.557. The van der Waals surface area contributed by atoms with Crippen LogP contribution in [-0.2, 0) is 4.74 Å². The van der Waals surface area contributed by atoms with Crippen LogP contribution >= 0.6 is 0 Å². The van der Waals surface area contributed by atoms with Crippen molar-refractivity contribution in [1.82, 2.24) is 5.01 Å². The highest BCUT2D eigenvalue weighted by molar-refractivity contribution is 5.63. The second-order valence-electron chi connectivity index (χ2n) is 6.24. The second-order valence-corrected chi connectivity index (χ2v) is 6.24. The number of rotatable bonds is 10. The summed E-state index contributed by atoms with van der Waals surface area (Å²) in [5.74, 6) is 0.0827. The van der Waals surface area contributed by atoms with Crippen molar-refractivity contribution in [3.63, 3.8) is 0 Å². The van der Waals surface area contributed by atoms with E-state index in [-0.39, 0.29) is 11.5 Å². The molecule has 0 aromatic rings. The first-order chi connectivity index (χ1) is 10.6. The zero-order valence-electron chi connectivity index (χ0n) is 14.8. The Morgan fingerprint density at radius 2 is 2.09 bits per heavy atom. The maximum absolute atomic E-state index is 10.3. The van der Waals surface area contributed by atoms with Gasteiger partial charge in [0.15, 0.2) is 0 Å². The molecule has 0 amide bonds. The lowest BCUT2D eigenvalue weighted by Crippen LogP contribution is -2.48. The van der Waals surface area contributed by atoms with E-state index in [0.29, 0.717) is 6.04 Å². The normalized spacial score (nSPS) is 22.2. The molecule has 3 atom stereocenters. The molecule has 1 aliphatic heterocycles. The lowest BCUT2D eigenvalue weighted by Gasteiger charge is -2.40. The molecule has 1 rings (SSSR count). The smallest absolute Gasteiger partial charge is 0.0971 e. The van der Waals surface area contributed by atoms with Gasteiger partial charge in [-0.2, -0.15) is 5.10 Å². The van der Waals surface area contributed by atoms with Crippen LogP contribution in [0.3, 0.4) is 0 Å². The molecular formula is C18H34N2O2. The summed E-state index contributed by atoms with van der Waals surface area (Å²) < 4.78 is 5.87. The van der Waals surface area contributed by atoms with Gasteiger partial charge in [0.2, 0.25) is 0 Å². The molecular weight excluding hydrogens is 276 g/mol. The number of hydrazone groups is 1. The fourth-order valence-electron chi connectivity index (χ4n) is 3.60. The van der Waals surface area contributed by atoms with Crippen molar-refractivity contribution < 1.29 is 9.84 Å². The lowest BCUT2D eigenvalue weighted by molar-refractivity contribution is -0.0732. The van der Waals surface area contributed by atoms with E-state index < -0.39 is 6.10 Å². The molecule has 0 aliphatic carbocycles. The van der Waals surface area contributed by atoms with E-state index in [1.165, 1.54) is 0 Å². The summed E-state index contributed by atoms with van der Waals surface area (Å²) in [5.41, 5.74) is -0.139. The number of methoxy groups -OCH3 is 1. The minimum Gasteiger partial charge on any atom is -0.387 e. The summed E-state index contributed by atoms with van der Waals surface area (Å²) in [6.45, 7) is 11.2. The summed E-state index contributed by atoms with van der Waals surface area (Å²) >= 11 is 0. The quantitative estimate of drug-likeness (QED) is 0.495. The monoisotopic (exact) mass is 310 g/mol.